The molecular formula is C31H30F3N5O2. The molecule has 4 aromatic rings. The number of pyridine rings is 1. The highest BCUT2D eigenvalue weighted by molar-refractivity contribution is 6.09. The quantitative estimate of drug-likeness (QED) is 0.141. The van der Waals surface area contributed by atoms with Gasteiger partial charge in [-0.2, -0.15) is 13.2 Å². The number of aliphatic imine (C=N–C) groups is 1. The predicted octanol–water partition coefficient (Wildman–Crippen LogP) is 6.21. The van der Waals surface area contributed by atoms with Crippen LogP contribution in [0, 0.1) is 0 Å². The Bertz CT molecular complexity index is 1510. The standard InChI is InChI=1S/C29H24F3N5O.C2H6O/c1-19(20-10-8-16-34-17-20)36-27(22-11-3-6-14-25(22)33)37-26-15-7-4-12-23(26)28(38)35-18-21-9-2-5-13-24(21)29(30,31)32;1-3-2/h2-17H,1,18,33H2,(H,35,38)(H,36,37);1-2H3. The van der Waals surface area contributed by atoms with Crippen molar-refractivity contribution in [2.24, 2.45) is 4.99 Å². The van der Waals surface area contributed by atoms with E-state index in [0.29, 0.717) is 28.5 Å². The number of amides is 1. The number of aromatic nitrogens is 1. The summed E-state index contributed by atoms with van der Waals surface area (Å²) in [5.74, 6) is -0.243. The van der Waals surface area contributed by atoms with Gasteiger partial charge in [-0.1, -0.05) is 49.0 Å². The van der Waals surface area contributed by atoms with Gasteiger partial charge in [0.15, 0.2) is 0 Å². The van der Waals surface area contributed by atoms with Crippen LogP contribution in [0.1, 0.15) is 32.6 Å². The average Bonchev–Trinajstić information content (AvgIpc) is 2.96. The van der Waals surface area contributed by atoms with E-state index in [0.717, 1.165) is 11.6 Å². The maximum Gasteiger partial charge on any atom is 0.416 e. The van der Waals surface area contributed by atoms with Crippen LogP contribution in [-0.2, 0) is 17.5 Å². The Kier molecular flexibility index (Phi) is 10.8. The number of benzene rings is 3. The molecule has 0 spiro atoms. The van der Waals surface area contributed by atoms with Gasteiger partial charge in [0.25, 0.3) is 5.91 Å². The number of anilines is 1. The summed E-state index contributed by atoms with van der Waals surface area (Å²) in [5.41, 5.74) is 8.10. The molecule has 0 fully saturated rings. The van der Waals surface area contributed by atoms with Gasteiger partial charge < -0.3 is 21.1 Å². The number of nitrogens with zero attached hydrogens (tertiary/aromatic N) is 2. The number of ether oxygens (including phenoxy) is 1. The number of methoxy groups -OCH3 is 1. The van der Waals surface area contributed by atoms with Gasteiger partial charge in [-0.3, -0.25) is 9.78 Å². The third-order valence-corrected chi connectivity index (χ3v) is 5.64. The van der Waals surface area contributed by atoms with Gasteiger partial charge in [-0.05, 0) is 48.0 Å². The molecule has 0 radical (unpaired) electrons. The van der Waals surface area contributed by atoms with Crippen molar-refractivity contribution >= 4 is 28.8 Å². The molecule has 7 nitrogen and oxygen atoms in total. The molecule has 0 bridgehead atoms. The Morgan fingerprint density at radius 2 is 1.59 bits per heavy atom. The Morgan fingerprint density at radius 3 is 2.24 bits per heavy atom. The minimum atomic E-state index is -4.53. The molecule has 4 rings (SSSR count). The van der Waals surface area contributed by atoms with Gasteiger partial charge in [-0.15, -0.1) is 0 Å². The number of carbonyl (C=O) groups excluding carboxylic acids is 1. The lowest BCUT2D eigenvalue weighted by molar-refractivity contribution is -0.138. The highest BCUT2D eigenvalue weighted by Gasteiger charge is 2.32. The predicted molar refractivity (Wildman–Crippen MR) is 155 cm³/mol. The Balaban J connectivity index is 0.00000147. The van der Waals surface area contributed by atoms with Crippen LogP contribution >= 0.6 is 0 Å². The van der Waals surface area contributed by atoms with Crippen molar-refractivity contribution in [1.29, 1.82) is 0 Å². The van der Waals surface area contributed by atoms with Gasteiger partial charge in [-0.25, -0.2) is 4.99 Å². The van der Waals surface area contributed by atoms with E-state index in [1.54, 1.807) is 81.2 Å². The molecule has 0 atom stereocenters. The number of carbonyl (C=O) groups is 1. The molecule has 4 N–H and O–H groups in total. The van der Waals surface area contributed by atoms with Crippen LogP contribution in [-0.4, -0.2) is 30.9 Å². The van der Waals surface area contributed by atoms with E-state index in [4.69, 9.17) is 10.7 Å². The maximum atomic E-state index is 13.4. The fourth-order valence-electron chi connectivity index (χ4n) is 3.73. The fraction of sp³-hybridized carbons (Fsp3) is 0.129. The van der Waals surface area contributed by atoms with Gasteiger partial charge >= 0.3 is 6.18 Å². The lowest BCUT2D eigenvalue weighted by Gasteiger charge is -2.16. The molecule has 0 saturated carbocycles. The lowest BCUT2D eigenvalue weighted by atomic mass is 10.1. The lowest BCUT2D eigenvalue weighted by Crippen LogP contribution is -2.26. The topological polar surface area (TPSA) is 102 Å². The van der Waals surface area contributed by atoms with Crippen LogP contribution in [0.15, 0.2) is 109 Å². The van der Waals surface area contributed by atoms with Gasteiger partial charge in [0, 0.05) is 55.7 Å². The molecule has 1 heterocycles. The third kappa shape index (κ3) is 8.51. The van der Waals surface area contributed by atoms with Crippen LogP contribution in [0.5, 0.6) is 0 Å². The molecule has 1 amide bonds. The highest BCUT2D eigenvalue weighted by atomic mass is 19.4. The minimum absolute atomic E-state index is 0.0403. The van der Waals surface area contributed by atoms with E-state index in [-0.39, 0.29) is 17.7 Å². The normalized spacial score (nSPS) is 11.2. The second-order valence-electron chi connectivity index (χ2n) is 8.66. The van der Waals surface area contributed by atoms with Crippen molar-refractivity contribution in [3.8, 4) is 0 Å². The smallest absolute Gasteiger partial charge is 0.398 e. The molecule has 0 aliphatic carbocycles. The van der Waals surface area contributed by atoms with Gasteiger partial charge in [0.1, 0.15) is 5.84 Å². The number of nitrogens with one attached hydrogen (secondary N) is 2. The molecule has 41 heavy (non-hydrogen) atoms. The fourth-order valence-corrected chi connectivity index (χ4v) is 3.73. The van der Waals surface area contributed by atoms with Crippen LogP contribution in [0.4, 0.5) is 24.5 Å². The number of para-hydroxylation sites is 2. The molecular weight excluding hydrogens is 531 g/mol. The van der Waals surface area contributed by atoms with Crippen molar-refractivity contribution in [2.45, 2.75) is 12.7 Å². The molecule has 3 aromatic carbocycles. The van der Waals surface area contributed by atoms with Crippen molar-refractivity contribution in [3.63, 3.8) is 0 Å². The summed E-state index contributed by atoms with van der Waals surface area (Å²) >= 11 is 0. The number of hydrogen-bond acceptors (Lipinski definition) is 5. The number of halogens is 3. The van der Waals surface area contributed by atoms with Crippen LogP contribution < -0.4 is 16.4 Å². The third-order valence-electron chi connectivity index (χ3n) is 5.64. The van der Waals surface area contributed by atoms with Crippen molar-refractivity contribution in [1.82, 2.24) is 15.6 Å². The van der Waals surface area contributed by atoms with E-state index < -0.39 is 17.6 Å². The summed E-state index contributed by atoms with van der Waals surface area (Å²) in [6.45, 7) is 3.76. The summed E-state index contributed by atoms with van der Waals surface area (Å²) in [7, 11) is 3.25. The second-order valence-corrected chi connectivity index (χ2v) is 8.66. The summed E-state index contributed by atoms with van der Waals surface area (Å²) in [4.78, 5) is 21.9. The molecule has 0 aliphatic heterocycles. The number of amidine groups is 1. The van der Waals surface area contributed by atoms with Gasteiger partial charge in [0.05, 0.1) is 16.8 Å². The Morgan fingerprint density at radius 1 is 0.951 bits per heavy atom. The number of alkyl halides is 3. The van der Waals surface area contributed by atoms with Gasteiger partial charge in [0.2, 0.25) is 0 Å². The molecule has 10 heteroatoms. The summed E-state index contributed by atoms with van der Waals surface area (Å²) in [6, 6.07) is 22.3. The Labute approximate surface area is 236 Å². The zero-order valence-electron chi connectivity index (χ0n) is 22.6. The van der Waals surface area contributed by atoms with E-state index >= 15 is 0 Å². The SMILES string of the molecule is C=C(NC(=Nc1ccccc1C(=O)NCc1ccccc1C(F)(F)F)c1ccccc1N)c1cccnc1.COC. The molecule has 0 unspecified atom stereocenters. The molecule has 0 saturated heterocycles. The van der Waals surface area contributed by atoms with E-state index in [9.17, 15) is 18.0 Å². The van der Waals surface area contributed by atoms with Crippen LogP contribution in [0.2, 0.25) is 0 Å². The largest absolute Gasteiger partial charge is 0.416 e. The molecule has 1 aromatic heterocycles. The maximum absolute atomic E-state index is 13.4. The second kappa shape index (κ2) is 14.4. The summed E-state index contributed by atoms with van der Waals surface area (Å²) in [6.07, 6.45) is -1.25. The molecule has 212 valence electrons. The summed E-state index contributed by atoms with van der Waals surface area (Å²) in [5, 5.41) is 5.75. The van der Waals surface area contributed by atoms with Crippen molar-refractivity contribution in [2.75, 3.05) is 20.0 Å². The first-order valence-electron chi connectivity index (χ1n) is 12.4. The minimum Gasteiger partial charge on any atom is -0.398 e. The number of nitrogens with two attached hydrogens (primary N) is 1. The van der Waals surface area contributed by atoms with Crippen molar-refractivity contribution < 1.29 is 22.7 Å². The highest BCUT2D eigenvalue weighted by Crippen LogP contribution is 2.32. The first-order chi connectivity index (χ1) is 19.7. The zero-order valence-corrected chi connectivity index (χ0v) is 22.6. The van der Waals surface area contributed by atoms with E-state index in [1.807, 2.05) is 6.07 Å². The number of hydrogen-bond donors (Lipinski definition) is 3. The molecule has 0 aliphatic rings. The zero-order chi connectivity index (χ0) is 29.8. The number of nitrogen functional groups attached to an aromatic ring is 1. The first kappa shape index (κ1) is 30.6. The van der Waals surface area contributed by atoms with Crippen LogP contribution in [0.25, 0.3) is 5.70 Å². The van der Waals surface area contributed by atoms with Crippen molar-refractivity contribution in [3.05, 3.63) is 132 Å². The summed E-state index contributed by atoms with van der Waals surface area (Å²) < 4.78 is 44.3. The Hall–Kier alpha value is -4.96. The first-order valence-corrected chi connectivity index (χ1v) is 12.4. The number of rotatable bonds is 7. The average molecular weight is 562 g/mol. The monoisotopic (exact) mass is 561 g/mol. The van der Waals surface area contributed by atoms with E-state index in [2.05, 4.69) is 26.9 Å². The van der Waals surface area contributed by atoms with Crippen LogP contribution in [0.3, 0.4) is 0 Å². The van der Waals surface area contributed by atoms with E-state index in [1.165, 1.54) is 18.2 Å².